The van der Waals surface area contributed by atoms with Crippen LogP contribution in [-0.2, 0) is 0 Å². The average molecular weight is 125 g/mol. The maximum atomic E-state index is 2.45. The fourth-order valence-corrected chi connectivity index (χ4v) is 1.59. The Kier molecular flexibility index (Phi) is 1.58. The van der Waals surface area contributed by atoms with Crippen molar-refractivity contribution in [3.8, 4) is 0 Å². The van der Waals surface area contributed by atoms with E-state index in [-0.39, 0.29) is 0 Å². The summed E-state index contributed by atoms with van der Waals surface area (Å²) in [6, 6.07) is 0. The van der Waals surface area contributed by atoms with E-state index in [1.54, 1.807) is 0 Å². The summed E-state index contributed by atoms with van der Waals surface area (Å²) in [7, 11) is 0. The van der Waals surface area contributed by atoms with Crippen LogP contribution in [0.1, 0.15) is 34.1 Å². The molecule has 53 valence electrons. The van der Waals surface area contributed by atoms with Crippen LogP contribution < -0.4 is 0 Å². The molecule has 1 saturated carbocycles. The molecule has 0 N–H and O–H groups in total. The summed E-state index contributed by atoms with van der Waals surface area (Å²) in [6.07, 6.45) is 3.75. The van der Waals surface area contributed by atoms with Gasteiger partial charge in [-0.05, 0) is 30.1 Å². The van der Waals surface area contributed by atoms with Crippen LogP contribution in [0.5, 0.6) is 0 Å². The van der Waals surface area contributed by atoms with Gasteiger partial charge in [-0.15, -0.1) is 0 Å². The highest BCUT2D eigenvalue weighted by atomic mass is 14.4. The van der Waals surface area contributed by atoms with Crippen LogP contribution in [0.15, 0.2) is 0 Å². The Balaban J connectivity index is 2.62. The third-order valence-corrected chi connectivity index (χ3v) is 3.04. The van der Waals surface area contributed by atoms with Crippen molar-refractivity contribution < 1.29 is 0 Å². The Hall–Kier alpha value is 0. The maximum absolute atomic E-state index is 2.45. The molecule has 0 saturated heterocycles. The fourth-order valence-electron chi connectivity index (χ4n) is 1.59. The lowest BCUT2D eigenvalue weighted by Gasteiger charge is -2.25. The van der Waals surface area contributed by atoms with Crippen molar-refractivity contribution in [1.29, 1.82) is 0 Å². The van der Waals surface area contributed by atoms with E-state index in [4.69, 9.17) is 0 Å². The summed E-state index contributed by atoms with van der Waals surface area (Å²) >= 11 is 0. The molecule has 0 spiro atoms. The minimum absolute atomic E-state index is 0.569. The van der Waals surface area contributed by atoms with Crippen LogP contribution in [0.2, 0.25) is 0 Å². The Morgan fingerprint density at radius 3 is 2.00 bits per heavy atom. The second-order valence-corrected chi connectivity index (χ2v) is 4.08. The Morgan fingerprint density at radius 2 is 1.89 bits per heavy atom. The molecule has 2 atom stereocenters. The van der Waals surface area contributed by atoms with Crippen molar-refractivity contribution >= 4 is 0 Å². The first-order valence-electron chi connectivity index (χ1n) is 3.87. The van der Waals surface area contributed by atoms with E-state index in [2.05, 4.69) is 34.1 Å². The summed E-state index contributed by atoms with van der Waals surface area (Å²) in [6.45, 7) is 9.39. The van der Waals surface area contributed by atoms with Gasteiger partial charge < -0.3 is 0 Å². The zero-order valence-electron chi connectivity index (χ0n) is 6.94. The summed E-state index contributed by atoms with van der Waals surface area (Å²) in [5.74, 6) is 1.71. The van der Waals surface area contributed by atoms with Crippen LogP contribution in [0.25, 0.3) is 0 Å². The molecule has 2 unspecified atom stereocenters. The second kappa shape index (κ2) is 2.00. The van der Waals surface area contributed by atoms with Gasteiger partial charge in [0.25, 0.3) is 0 Å². The number of hydrogen-bond acceptors (Lipinski definition) is 0. The van der Waals surface area contributed by atoms with Gasteiger partial charge in [-0.2, -0.15) is 0 Å². The Labute approximate surface area is 58.7 Å². The van der Waals surface area contributed by atoms with Crippen molar-refractivity contribution in [2.24, 2.45) is 17.3 Å². The molecule has 0 heterocycles. The highest BCUT2D eigenvalue weighted by molar-refractivity contribution is 4.96. The molecule has 0 aromatic rings. The largest absolute Gasteiger partial charge is 0.0620 e. The van der Waals surface area contributed by atoms with Crippen molar-refractivity contribution in [1.82, 2.24) is 0 Å². The summed E-state index contributed by atoms with van der Waals surface area (Å²) in [5, 5.41) is 0. The van der Waals surface area contributed by atoms with Gasteiger partial charge in [-0.3, -0.25) is 0 Å². The molecular weight excluding hydrogens is 108 g/mol. The predicted molar refractivity (Wildman–Crippen MR) is 41.0 cm³/mol. The van der Waals surface area contributed by atoms with Gasteiger partial charge >= 0.3 is 0 Å². The summed E-state index contributed by atoms with van der Waals surface area (Å²) in [5.41, 5.74) is 0.569. The van der Waals surface area contributed by atoms with Crippen molar-refractivity contribution in [3.05, 3.63) is 6.42 Å². The first kappa shape index (κ1) is 7.11. The quantitative estimate of drug-likeness (QED) is 0.467. The van der Waals surface area contributed by atoms with Gasteiger partial charge in [0, 0.05) is 0 Å². The van der Waals surface area contributed by atoms with Crippen molar-refractivity contribution in [3.63, 3.8) is 0 Å². The third kappa shape index (κ3) is 1.12. The SMILES string of the molecule is CC1[CH]CC(C)(C)C1C. The smallest absolute Gasteiger partial charge is 0.0323 e. The molecule has 0 bridgehead atoms. The molecule has 9 heavy (non-hydrogen) atoms. The minimum Gasteiger partial charge on any atom is -0.0620 e. The molecule has 1 aliphatic carbocycles. The first-order valence-corrected chi connectivity index (χ1v) is 3.87. The van der Waals surface area contributed by atoms with Crippen LogP contribution in [0, 0.1) is 23.7 Å². The van der Waals surface area contributed by atoms with E-state index in [1.165, 1.54) is 6.42 Å². The van der Waals surface area contributed by atoms with Gasteiger partial charge in [0.15, 0.2) is 0 Å². The van der Waals surface area contributed by atoms with E-state index in [0.717, 1.165) is 11.8 Å². The zero-order valence-corrected chi connectivity index (χ0v) is 6.94. The van der Waals surface area contributed by atoms with Gasteiger partial charge in [-0.1, -0.05) is 27.7 Å². The molecule has 0 aromatic carbocycles. The molecule has 1 rings (SSSR count). The monoisotopic (exact) mass is 125 g/mol. The third-order valence-electron chi connectivity index (χ3n) is 3.04. The van der Waals surface area contributed by atoms with Gasteiger partial charge in [0.05, 0.1) is 0 Å². The van der Waals surface area contributed by atoms with E-state index in [9.17, 15) is 0 Å². The Morgan fingerprint density at radius 1 is 1.33 bits per heavy atom. The standard InChI is InChI=1S/C9H17/c1-7-5-6-9(3,4)8(7)2/h5,7-8H,6H2,1-4H3. The molecule has 1 aliphatic rings. The Bertz CT molecular complexity index is 103. The lowest BCUT2D eigenvalue weighted by Crippen LogP contribution is -2.17. The van der Waals surface area contributed by atoms with Crippen molar-refractivity contribution in [2.45, 2.75) is 34.1 Å². The van der Waals surface area contributed by atoms with Crippen LogP contribution in [-0.4, -0.2) is 0 Å². The lowest BCUT2D eigenvalue weighted by atomic mass is 9.81. The van der Waals surface area contributed by atoms with Crippen molar-refractivity contribution in [2.75, 3.05) is 0 Å². The normalized spacial score (nSPS) is 41.3. The fraction of sp³-hybridized carbons (Fsp3) is 0.889. The topological polar surface area (TPSA) is 0 Å². The van der Waals surface area contributed by atoms with Gasteiger partial charge in [0.2, 0.25) is 0 Å². The maximum Gasteiger partial charge on any atom is -0.0323 e. The molecule has 0 aromatic heterocycles. The molecule has 1 radical (unpaired) electrons. The van der Waals surface area contributed by atoms with Gasteiger partial charge in [0.1, 0.15) is 0 Å². The zero-order chi connectivity index (χ0) is 7.07. The highest BCUT2D eigenvalue weighted by Crippen LogP contribution is 2.44. The van der Waals surface area contributed by atoms with E-state index >= 15 is 0 Å². The minimum atomic E-state index is 0.569. The van der Waals surface area contributed by atoms with Gasteiger partial charge in [-0.25, -0.2) is 0 Å². The molecule has 1 fully saturated rings. The summed E-state index contributed by atoms with van der Waals surface area (Å²) in [4.78, 5) is 0. The van der Waals surface area contributed by atoms with E-state index in [1.807, 2.05) is 0 Å². The molecular formula is C9H17. The molecule has 0 amide bonds. The predicted octanol–water partition coefficient (Wildman–Crippen LogP) is 2.89. The molecule has 0 heteroatoms. The average Bonchev–Trinajstić information content (AvgIpc) is 1.97. The molecule has 0 aliphatic heterocycles. The second-order valence-electron chi connectivity index (χ2n) is 4.08. The van der Waals surface area contributed by atoms with E-state index < -0.39 is 0 Å². The van der Waals surface area contributed by atoms with Crippen LogP contribution in [0.3, 0.4) is 0 Å². The lowest BCUT2D eigenvalue weighted by molar-refractivity contribution is 0.248. The number of hydrogen-bond donors (Lipinski definition) is 0. The summed E-state index contributed by atoms with van der Waals surface area (Å²) < 4.78 is 0. The first-order chi connectivity index (χ1) is 4.04. The highest BCUT2D eigenvalue weighted by Gasteiger charge is 2.35. The van der Waals surface area contributed by atoms with E-state index in [0.29, 0.717) is 5.41 Å². The van der Waals surface area contributed by atoms with Crippen LogP contribution in [0.4, 0.5) is 0 Å². The molecule has 0 nitrogen and oxygen atoms in total. The van der Waals surface area contributed by atoms with Crippen LogP contribution >= 0.6 is 0 Å². The number of rotatable bonds is 0.